The van der Waals surface area contributed by atoms with Crippen LogP contribution in [-0.4, -0.2) is 75.3 Å². The van der Waals surface area contributed by atoms with Crippen LogP contribution >= 0.6 is 0 Å². The third-order valence-electron chi connectivity index (χ3n) is 7.52. The third-order valence-corrected chi connectivity index (χ3v) is 8.07. The summed E-state index contributed by atoms with van der Waals surface area (Å²) in [5, 5.41) is 2.91. The van der Waals surface area contributed by atoms with Gasteiger partial charge in [-0.25, -0.2) is 4.79 Å². The van der Waals surface area contributed by atoms with E-state index < -0.39 is 16.2 Å². The Balaban J connectivity index is 1.06. The second kappa shape index (κ2) is 12.8. The molecule has 0 radical (unpaired) electrons. The van der Waals surface area contributed by atoms with Crippen molar-refractivity contribution in [2.75, 3.05) is 44.3 Å². The van der Waals surface area contributed by atoms with Crippen LogP contribution in [0.2, 0.25) is 0 Å². The molecule has 41 heavy (non-hydrogen) atoms. The predicted molar refractivity (Wildman–Crippen MR) is 157 cm³/mol. The smallest absolute Gasteiger partial charge is 0.411 e. The van der Waals surface area contributed by atoms with Crippen molar-refractivity contribution in [1.82, 2.24) is 9.80 Å². The molecular formula is C31H35N3O6S. The molecule has 0 atom stereocenters. The Labute approximate surface area is 241 Å². The van der Waals surface area contributed by atoms with Crippen molar-refractivity contribution in [3.63, 3.8) is 0 Å². The van der Waals surface area contributed by atoms with E-state index in [0.717, 1.165) is 61.0 Å². The largest absolute Gasteiger partial charge is 0.446 e. The quantitative estimate of drug-likeness (QED) is 0.372. The van der Waals surface area contributed by atoms with Gasteiger partial charge < -0.3 is 14.5 Å². The molecule has 1 saturated heterocycles. The van der Waals surface area contributed by atoms with E-state index in [1.54, 1.807) is 12.1 Å². The SMILES string of the molecule is CS(=O)(=O)OCc1ccc2c(c1)CCN(CCN1CCC(OC(=O)Nc3ccccc3-c3ccccc3)CC1)C2=O. The van der Waals surface area contributed by atoms with Crippen molar-refractivity contribution in [1.29, 1.82) is 0 Å². The number of benzene rings is 3. The van der Waals surface area contributed by atoms with Gasteiger partial charge in [-0.1, -0.05) is 60.7 Å². The van der Waals surface area contributed by atoms with Crippen molar-refractivity contribution in [3.8, 4) is 11.1 Å². The topological polar surface area (TPSA) is 105 Å². The van der Waals surface area contributed by atoms with Gasteiger partial charge in [0.25, 0.3) is 16.0 Å². The van der Waals surface area contributed by atoms with E-state index in [9.17, 15) is 18.0 Å². The molecule has 1 N–H and O–H groups in total. The molecule has 0 saturated carbocycles. The molecule has 0 spiro atoms. The Hall–Kier alpha value is -3.73. The fourth-order valence-corrected chi connectivity index (χ4v) is 5.68. The Bertz CT molecular complexity index is 1490. The lowest BCUT2D eigenvalue weighted by Crippen LogP contribution is -2.45. The minimum Gasteiger partial charge on any atom is -0.446 e. The number of hydrogen-bond donors (Lipinski definition) is 1. The summed E-state index contributed by atoms with van der Waals surface area (Å²) in [6.45, 7) is 3.55. The minimum absolute atomic E-state index is 0.00694. The molecule has 0 aliphatic carbocycles. The van der Waals surface area contributed by atoms with Crippen molar-refractivity contribution >= 4 is 27.8 Å². The third kappa shape index (κ3) is 7.72. The lowest BCUT2D eigenvalue weighted by atomic mass is 9.96. The Morgan fingerprint density at radius 3 is 2.41 bits per heavy atom. The number of piperidine rings is 1. The fraction of sp³-hybridized carbons (Fsp3) is 0.355. The van der Waals surface area contributed by atoms with Crippen molar-refractivity contribution in [2.45, 2.75) is 32.0 Å². The Kier molecular flexibility index (Phi) is 9.02. The number of ether oxygens (including phenoxy) is 1. The molecule has 5 rings (SSSR count). The zero-order chi connectivity index (χ0) is 28.8. The van der Waals surface area contributed by atoms with Gasteiger partial charge >= 0.3 is 6.09 Å². The van der Waals surface area contributed by atoms with Crippen LogP contribution in [0, 0.1) is 0 Å². The maximum atomic E-state index is 13.1. The summed E-state index contributed by atoms with van der Waals surface area (Å²) in [5.74, 6) is -0.00694. The highest BCUT2D eigenvalue weighted by Crippen LogP contribution is 2.28. The molecule has 216 valence electrons. The highest BCUT2D eigenvalue weighted by Gasteiger charge is 2.27. The van der Waals surface area contributed by atoms with Gasteiger partial charge in [0, 0.05) is 43.9 Å². The average Bonchev–Trinajstić information content (AvgIpc) is 2.97. The monoisotopic (exact) mass is 577 g/mol. The van der Waals surface area contributed by atoms with Crippen LogP contribution in [0.5, 0.6) is 0 Å². The highest BCUT2D eigenvalue weighted by atomic mass is 32.2. The van der Waals surface area contributed by atoms with Crippen molar-refractivity contribution < 1.29 is 26.9 Å². The number of nitrogens with one attached hydrogen (secondary N) is 1. The number of nitrogens with zero attached hydrogens (tertiary/aromatic N) is 2. The molecule has 0 bridgehead atoms. The first kappa shape index (κ1) is 28.8. The van der Waals surface area contributed by atoms with Gasteiger partial charge in [0.2, 0.25) is 0 Å². The second-order valence-corrected chi connectivity index (χ2v) is 12.1. The van der Waals surface area contributed by atoms with Crippen LogP contribution in [0.3, 0.4) is 0 Å². The van der Waals surface area contributed by atoms with E-state index in [0.29, 0.717) is 30.8 Å². The number of hydrogen-bond acceptors (Lipinski definition) is 7. The molecule has 2 heterocycles. The molecule has 3 aromatic carbocycles. The van der Waals surface area contributed by atoms with Crippen molar-refractivity contribution in [2.24, 2.45) is 0 Å². The van der Waals surface area contributed by atoms with Gasteiger partial charge in [-0.05, 0) is 48.1 Å². The molecule has 2 aliphatic heterocycles. The molecule has 3 aromatic rings. The molecule has 2 amide bonds. The lowest BCUT2D eigenvalue weighted by molar-refractivity contribution is 0.0517. The zero-order valence-corrected chi connectivity index (χ0v) is 23.9. The molecule has 9 nitrogen and oxygen atoms in total. The summed E-state index contributed by atoms with van der Waals surface area (Å²) < 4.78 is 33.2. The number of carbonyl (C=O) groups is 2. The highest BCUT2D eigenvalue weighted by molar-refractivity contribution is 7.85. The van der Waals surface area contributed by atoms with Gasteiger partial charge in [-0.15, -0.1) is 0 Å². The number of fused-ring (bicyclic) bond motifs is 1. The first-order valence-electron chi connectivity index (χ1n) is 13.8. The van der Waals surface area contributed by atoms with Gasteiger partial charge in [0.15, 0.2) is 0 Å². The van der Waals surface area contributed by atoms with Crippen LogP contribution < -0.4 is 5.32 Å². The number of likely N-dealkylation sites (tertiary alicyclic amines) is 1. The normalized spacial score (nSPS) is 16.3. The summed E-state index contributed by atoms with van der Waals surface area (Å²) in [4.78, 5) is 29.9. The van der Waals surface area contributed by atoms with E-state index in [2.05, 4.69) is 10.2 Å². The Morgan fingerprint density at radius 2 is 1.66 bits per heavy atom. The van der Waals surface area contributed by atoms with Crippen LogP contribution in [0.25, 0.3) is 11.1 Å². The van der Waals surface area contributed by atoms with E-state index in [1.807, 2.05) is 65.6 Å². The van der Waals surface area contributed by atoms with Gasteiger partial charge in [-0.2, -0.15) is 8.42 Å². The average molecular weight is 578 g/mol. The number of rotatable bonds is 9. The summed E-state index contributed by atoms with van der Waals surface area (Å²) in [6, 6.07) is 23.0. The van der Waals surface area contributed by atoms with Crippen molar-refractivity contribution in [3.05, 3.63) is 89.5 Å². The van der Waals surface area contributed by atoms with E-state index in [1.165, 1.54) is 0 Å². The number of carbonyl (C=O) groups excluding carboxylic acids is 2. The second-order valence-electron chi connectivity index (χ2n) is 10.5. The molecule has 0 aromatic heterocycles. The number of anilines is 1. The molecule has 2 aliphatic rings. The van der Waals surface area contributed by atoms with Gasteiger partial charge in [0.05, 0.1) is 18.6 Å². The first-order chi connectivity index (χ1) is 19.7. The van der Waals surface area contributed by atoms with E-state index >= 15 is 0 Å². The standard InChI is InChI=1S/C31H35N3O6S/c1-41(37,38)39-22-23-11-12-28-25(21-23)13-18-34(30(28)35)20-19-33-16-14-26(15-17-33)40-31(36)32-29-10-6-5-9-27(29)24-7-3-2-4-8-24/h2-12,21,26H,13-20,22H2,1H3,(H,32,36). The molecule has 1 fully saturated rings. The summed E-state index contributed by atoms with van der Waals surface area (Å²) >= 11 is 0. The Morgan fingerprint density at radius 1 is 0.927 bits per heavy atom. The minimum atomic E-state index is -3.52. The summed E-state index contributed by atoms with van der Waals surface area (Å²) in [6.07, 6.45) is 2.61. The van der Waals surface area contributed by atoms with Crippen LogP contribution in [-0.2, 0) is 32.1 Å². The summed E-state index contributed by atoms with van der Waals surface area (Å²) in [7, 11) is -3.52. The van der Waals surface area contributed by atoms with Crippen LogP contribution in [0.4, 0.5) is 10.5 Å². The maximum absolute atomic E-state index is 13.1. The zero-order valence-electron chi connectivity index (χ0n) is 23.1. The van der Waals surface area contributed by atoms with E-state index in [-0.39, 0.29) is 18.6 Å². The lowest BCUT2D eigenvalue weighted by Gasteiger charge is -2.34. The predicted octanol–water partition coefficient (Wildman–Crippen LogP) is 4.54. The fourth-order valence-electron chi connectivity index (χ4n) is 5.33. The first-order valence-corrected chi connectivity index (χ1v) is 15.7. The van der Waals surface area contributed by atoms with Gasteiger partial charge in [0.1, 0.15) is 6.10 Å². The molecule has 10 heteroatoms. The van der Waals surface area contributed by atoms with Crippen LogP contribution in [0.15, 0.2) is 72.8 Å². The number of amides is 2. The van der Waals surface area contributed by atoms with Gasteiger partial charge in [-0.3, -0.25) is 14.3 Å². The number of para-hydroxylation sites is 1. The van der Waals surface area contributed by atoms with Crippen LogP contribution in [0.1, 0.15) is 34.3 Å². The maximum Gasteiger partial charge on any atom is 0.411 e. The molecule has 0 unspecified atom stereocenters. The molecular weight excluding hydrogens is 542 g/mol. The van der Waals surface area contributed by atoms with E-state index in [4.69, 9.17) is 8.92 Å². The summed E-state index contributed by atoms with van der Waals surface area (Å²) in [5.41, 5.74) is 4.99.